The molecule has 0 fully saturated rings. The Labute approximate surface area is 98.7 Å². The van der Waals surface area contributed by atoms with Crippen molar-refractivity contribution in [2.75, 3.05) is 32.8 Å². The van der Waals surface area contributed by atoms with Crippen LogP contribution in [-0.2, 0) is 5.04 Å². The van der Waals surface area contributed by atoms with Gasteiger partial charge in [-0.2, -0.15) is 0 Å². The Hall–Kier alpha value is -0.200. The topological polar surface area (TPSA) is 69.9 Å². The van der Waals surface area contributed by atoms with Crippen molar-refractivity contribution in [3.05, 3.63) is 0 Å². The molecule has 0 aromatic rings. The Morgan fingerprint density at radius 3 is 1.31 bits per heavy atom. The second kappa shape index (κ2) is 12.9. The first-order valence-electron chi connectivity index (χ1n) is 6.07. The lowest BCUT2D eigenvalue weighted by Gasteiger charge is -2.38. The van der Waals surface area contributed by atoms with Crippen LogP contribution in [0.15, 0.2) is 0 Å². The molecule has 0 atom stereocenters. The van der Waals surface area contributed by atoms with Crippen molar-refractivity contribution in [3.63, 3.8) is 0 Å². The van der Waals surface area contributed by atoms with Crippen LogP contribution in [0.3, 0.4) is 0 Å². The highest BCUT2D eigenvalue weighted by molar-refractivity contribution is 4.43. The smallest absolute Gasteiger partial charge is 0.102 e. The van der Waals surface area contributed by atoms with Crippen molar-refractivity contribution in [2.24, 2.45) is 0 Å². The zero-order valence-electron chi connectivity index (χ0n) is 10.9. The van der Waals surface area contributed by atoms with Gasteiger partial charge in [-0.1, -0.05) is 25.8 Å². The normalized spacial score (nSPS) is 10.9. The van der Waals surface area contributed by atoms with Gasteiger partial charge in [-0.3, -0.25) is 0 Å². The largest absolute Gasteiger partial charge is 0.391 e. The quantitative estimate of drug-likeness (QED) is 0.343. The number of aliphatic hydroxyl groups excluding tert-OH is 1. The molecule has 5 heteroatoms. The third kappa shape index (κ3) is 9.06. The predicted octanol–water partition coefficient (Wildman–Crippen LogP) is 1.97. The minimum absolute atomic E-state index is 0.333. The highest BCUT2D eigenvalue weighted by atomic mass is 17.4. The molecule has 0 saturated heterocycles. The molecule has 16 heavy (non-hydrogen) atoms. The van der Waals surface area contributed by atoms with Crippen LogP contribution < -0.4 is 0 Å². The molecule has 0 aromatic heterocycles. The second-order valence-corrected chi connectivity index (χ2v) is 4.04. The van der Waals surface area contributed by atoms with Gasteiger partial charge in [0, 0.05) is 0 Å². The second-order valence-electron chi connectivity index (χ2n) is 4.04. The Balaban J connectivity index is 0. The molecule has 3 N–H and O–H groups in total. The maximum atomic E-state index is 9.07. The van der Waals surface area contributed by atoms with Gasteiger partial charge >= 0.3 is 0 Å². The van der Waals surface area contributed by atoms with E-state index in [1.165, 1.54) is 38.9 Å². The molecule has 0 heterocycles. The first kappa shape index (κ1) is 18.2. The van der Waals surface area contributed by atoms with E-state index in [-0.39, 0.29) is 0 Å². The van der Waals surface area contributed by atoms with Crippen LogP contribution in [-0.4, -0.2) is 52.9 Å². The summed E-state index contributed by atoms with van der Waals surface area (Å²) >= 11 is 0. The first-order chi connectivity index (χ1) is 7.66. The summed E-state index contributed by atoms with van der Waals surface area (Å²) in [5.74, 6) is 0. The summed E-state index contributed by atoms with van der Waals surface area (Å²) < 4.78 is 1.12. The number of aliphatic hydroxyl groups is 1. The van der Waals surface area contributed by atoms with Crippen LogP contribution in [0.4, 0.5) is 0 Å². The van der Waals surface area contributed by atoms with Crippen molar-refractivity contribution < 1.29 is 25.1 Å². The standard InChI is InChI=1S/C11H26NO.H2O3/c1-4-7-12(8-5-2,9-6-3)10-11-13;1-3-2/h13H,4-11H2,1-3H3;1-2H/q+1;. The molecular weight excluding hydrogens is 210 g/mol. The summed E-state index contributed by atoms with van der Waals surface area (Å²) in [6, 6.07) is 0. The number of quaternary nitrogens is 1. The first-order valence-corrected chi connectivity index (χ1v) is 6.07. The van der Waals surface area contributed by atoms with E-state index in [1.54, 1.807) is 0 Å². The highest BCUT2D eigenvalue weighted by Gasteiger charge is 2.23. The SMILES string of the molecule is CCC[N+](CCC)(CCC)CCO.OOO. The molecule has 100 valence electrons. The minimum atomic E-state index is 0.333. The third-order valence-electron chi connectivity index (χ3n) is 2.67. The summed E-state index contributed by atoms with van der Waals surface area (Å²) in [6.45, 7) is 11.6. The van der Waals surface area contributed by atoms with Crippen LogP contribution in [0.2, 0.25) is 0 Å². The Morgan fingerprint density at radius 2 is 1.12 bits per heavy atom. The van der Waals surface area contributed by atoms with Gasteiger partial charge in [-0.15, -0.1) is 0 Å². The molecule has 5 nitrogen and oxygen atoms in total. The van der Waals surface area contributed by atoms with E-state index in [0.29, 0.717) is 6.61 Å². The number of hydrogen-bond donors (Lipinski definition) is 3. The van der Waals surface area contributed by atoms with E-state index in [4.69, 9.17) is 15.6 Å². The Morgan fingerprint density at radius 1 is 0.812 bits per heavy atom. The lowest BCUT2D eigenvalue weighted by molar-refractivity contribution is -0.928. The molecule has 0 radical (unpaired) electrons. The van der Waals surface area contributed by atoms with Crippen molar-refractivity contribution in [2.45, 2.75) is 40.0 Å². The van der Waals surface area contributed by atoms with Gasteiger partial charge in [0.15, 0.2) is 0 Å². The fourth-order valence-electron chi connectivity index (χ4n) is 2.31. The summed E-state index contributed by atoms with van der Waals surface area (Å²) in [5.41, 5.74) is 0. The lowest BCUT2D eigenvalue weighted by Crippen LogP contribution is -2.51. The molecule has 0 saturated carbocycles. The van der Waals surface area contributed by atoms with Crippen LogP contribution in [0, 0.1) is 0 Å². The molecular formula is C11H28NO4+. The van der Waals surface area contributed by atoms with Crippen LogP contribution >= 0.6 is 0 Å². The molecule has 0 spiro atoms. The van der Waals surface area contributed by atoms with Gasteiger partial charge in [-0.25, -0.2) is 10.5 Å². The summed E-state index contributed by atoms with van der Waals surface area (Å²) in [5, 5.41) is 24.6. The molecule has 0 aliphatic heterocycles. The zero-order chi connectivity index (χ0) is 12.9. The van der Waals surface area contributed by atoms with Gasteiger partial charge < -0.3 is 9.59 Å². The van der Waals surface area contributed by atoms with Gasteiger partial charge in [0.1, 0.15) is 6.54 Å². The maximum Gasteiger partial charge on any atom is 0.102 e. The fourth-order valence-corrected chi connectivity index (χ4v) is 2.31. The summed E-state index contributed by atoms with van der Waals surface area (Å²) in [6.07, 6.45) is 3.67. The number of nitrogens with zero attached hydrogens (tertiary/aromatic N) is 1. The lowest BCUT2D eigenvalue weighted by atomic mass is 10.2. The molecule has 0 amide bonds. The van der Waals surface area contributed by atoms with Crippen molar-refractivity contribution in [1.29, 1.82) is 0 Å². The number of rotatable bonds is 8. The molecule has 0 rings (SSSR count). The highest BCUT2D eigenvalue weighted by Crippen LogP contribution is 2.10. The molecule has 0 unspecified atom stereocenters. The van der Waals surface area contributed by atoms with E-state index in [2.05, 4.69) is 25.8 Å². The van der Waals surface area contributed by atoms with Crippen molar-refractivity contribution in [1.82, 2.24) is 0 Å². The van der Waals surface area contributed by atoms with Crippen LogP contribution in [0.1, 0.15) is 40.0 Å². The van der Waals surface area contributed by atoms with Gasteiger partial charge in [0.2, 0.25) is 0 Å². The van der Waals surface area contributed by atoms with Crippen LogP contribution in [0.25, 0.3) is 0 Å². The Kier molecular flexibility index (Phi) is 14.6. The molecule has 0 aliphatic rings. The van der Waals surface area contributed by atoms with Crippen LogP contribution in [0.5, 0.6) is 0 Å². The van der Waals surface area contributed by atoms with E-state index >= 15 is 0 Å². The van der Waals surface area contributed by atoms with E-state index in [1.807, 2.05) is 0 Å². The monoisotopic (exact) mass is 238 g/mol. The number of hydrogen-bond acceptors (Lipinski definition) is 4. The van der Waals surface area contributed by atoms with Crippen molar-refractivity contribution in [3.8, 4) is 0 Å². The molecule has 0 aromatic carbocycles. The maximum absolute atomic E-state index is 9.07. The van der Waals surface area contributed by atoms with E-state index in [0.717, 1.165) is 11.0 Å². The fraction of sp³-hybridized carbons (Fsp3) is 1.00. The Bertz CT molecular complexity index is 104. The average Bonchev–Trinajstić information content (AvgIpc) is 2.20. The zero-order valence-corrected chi connectivity index (χ0v) is 10.9. The third-order valence-corrected chi connectivity index (χ3v) is 2.67. The minimum Gasteiger partial charge on any atom is -0.391 e. The predicted molar refractivity (Wildman–Crippen MR) is 64.0 cm³/mol. The van der Waals surface area contributed by atoms with E-state index < -0.39 is 0 Å². The summed E-state index contributed by atoms with van der Waals surface area (Å²) in [4.78, 5) is 0. The molecule has 0 aliphatic carbocycles. The summed E-state index contributed by atoms with van der Waals surface area (Å²) in [7, 11) is 0. The van der Waals surface area contributed by atoms with E-state index in [9.17, 15) is 0 Å². The van der Waals surface area contributed by atoms with Crippen molar-refractivity contribution >= 4 is 0 Å². The van der Waals surface area contributed by atoms with Gasteiger partial charge in [0.25, 0.3) is 0 Å². The van der Waals surface area contributed by atoms with Gasteiger partial charge in [0.05, 0.1) is 26.2 Å². The molecule has 0 bridgehead atoms. The van der Waals surface area contributed by atoms with Gasteiger partial charge in [-0.05, 0) is 19.3 Å². The average molecular weight is 238 g/mol.